The van der Waals surface area contributed by atoms with Gasteiger partial charge in [0.25, 0.3) is 0 Å². The van der Waals surface area contributed by atoms with Gasteiger partial charge in [-0.1, -0.05) is 12.1 Å². The molecule has 0 radical (unpaired) electrons. The van der Waals surface area contributed by atoms with Crippen LogP contribution in [0.4, 0.5) is 13.2 Å². The lowest BCUT2D eigenvalue weighted by Gasteiger charge is -2.17. The second-order valence-corrected chi connectivity index (χ2v) is 3.84. The molecule has 0 aliphatic heterocycles. The molecule has 0 heterocycles. The standard InChI is InChI=1S/C12H13F3O3/c1-8(12(13,14)15)18-10-5-2-9(3-6-10)4-7-11(16)17/h2-3,5-6,8H,4,7H2,1H3,(H,16,17). The van der Waals surface area contributed by atoms with Crippen LogP contribution in [0.15, 0.2) is 24.3 Å². The third-order valence-corrected chi connectivity index (χ3v) is 2.32. The lowest BCUT2D eigenvalue weighted by molar-refractivity contribution is -0.189. The van der Waals surface area contributed by atoms with Gasteiger partial charge >= 0.3 is 12.1 Å². The Labute approximate surface area is 102 Å². The van der Waals surface area contributed by atoms with Gasteiger partial charge in [0.1, 0.15) is 5.75 Å². The van der Waals surface area contributed by atoms with E-state index in [0.29, 0.717) is 6.42 Å². The van der Waals surface area contributed by atoms with Gasteiger partial charge in [0, 0.05) is 6.42 Å². The topological polar surface area (TPSA) is 46.5 Å². The van der Waals surface area contributed by atoms with Crippen LogP contribution < -0.4 is 4.74 Å². The summed E-state index contributed by atoms with van der Waals surface area (Å²) in [6.07, 6.45) is -5.95. The molecule has 0 saturated carbocycles. The summed E-state index contributed by atoms with van der Waals surface area (Å²) in [7, 11) is 0. The van der Waals surface area contributed by atoms with Gasteiger partial charge in [0.15, 0.2) is 6.10 Å². The third kappa shape index (κ3) is 4.65. The number of benzene rings is 1. The summed E-state index contributed by atoms with van der Waals surface area (Å²) in [5.74, 6) is -0.806. The van der Waals surface area contributed by atoms with E-state index >= 15 is 0 Å². The van der Waals surface area contributed by atoms with Gasteiger partial charge in [0.05, 0.1) is 0 Å². The number of hydrogen-bond acceptors (Lipinski definition) is 2. The molecule has 0 aliphatic rings. The van der Waals surface area contributed by atoms with Crippen LogP contribution in [0.3, 0.4) is 0 Å². The summed E-state index contributed by atoms with van der Waals surface area (Å²) in [4.78, 5) is 10.3. The van der Waals surface area contributed by atoms with Crippen LogP contribution in [0.1, 0.15) is 18.9 Å². The molecule has 1 atom stereocenters. The molecule has 0 amide bonds. The van der Waals surface area contributed by atoms with E-state index in [9.17, 15) is 18.0 Å². The highest BCUT2D eigenvalue weighted by molar-refractivity contribution is 5.67. The summed E-state index contributed by atoms with van der Waals surface area (Å²) in [5, 5.41) is 8.49. The average Bonchev–Trinajstić information content (AvgIpc) is 2.26. The minimum atomic E-state index is -4.40. The number of aryl methyl sites for hydroxylation is 1. The van der Waals surface area contributed by atoms with Crippen molar-refractivity contribution in [3.63, 3.8) is 0 Å². The van der Waals surface area contributed by atoms with E-state index in [1.54, 1.807) is 12.1 Å². The smallest absolute Gasteiger partial charge is 0.425 e. The molecule has 1 unspecified atom stereocenters. The highest BCUT2D eigenvalue weighted by Gasteiger charge is 2.37. The van der Waals surface area contributed by atoms with Gasteiger partial charge in [-0.05, 0) is 31.0 Å². The van der Waals surface area contributed by atoms with Gasteiger partial charge in [0.2, 0.25) is 0 Å². The molecule has 0 saturated heterocycles. The number of hydrogen-bond donors (Lipinski definition) is 1. The Kier molecular flexibility index (Phi) is 4.58. The zero-order chi connectivity index (χ0) is 13.8. The molecule has 6 heteroatoms. The fourth-order valence-corrected chi connectivity index (χ4v) is 1.26. The fraction of sp³-hybridized carbons (Fsp3) is 0.417. The van der Waals surface area contributed by atoms with E-state index in [4.69, 9.17) is 9.84 Å². The van der Waals surface area contributed by atoms with E-state index < -0.39 is 18.2 Å². The van der Waals surface area contributed by atoms with Crippen molar-refractivity contribution >= 4 is 5.97 Å². The van der Waals surface area contributed by atoms with Crippen molar-refractivity contribution < 1.29 is 27.8 Å². The summed E-state index contributed by atoms with van der Waals surface area (Å²) < 4.78 is 41.4. The van der Waals surface area contributed by atoms with Gasteiger partial charge in [-0.3, -0.25) is 4.79 Å². The third-order valence-electron chi connectivity index (χ3n) is 2.32. The Morgan fingerprint density at radius 1 is 1.33 bits per heavy atom. The number of halogens is 3. The molecular formula is C12H13F3O3. The van der Waals surface area contributed by atoms with Crippen molar-refractivity contribution in [2.75, 3.05) is 0 Å². The van der Waals surface area contributed by atoms with E-state index in [0.717, 1.165) is 12.5 Å². The molecule has 100 valence electrons. The number of carbonyl (C=O) groups is 1. The average molecular weight is 262 g/mol. The molecule has 0 fully saturated rings. The molecule has 1 rings (SSSR count). The number of ether oxygens (including phenoxy) is 1. The summed E-state index contributed by atoms with van der Waals surface area (Å²) in [6, 6.07) is 5.92. The van der Waals surface area contributed by atoms with Crippen LogP contribution in [-0.2, 0) is 11.2 Å². The summed E-state index contributed by atoms with van der Waals surface area (Å²) in [6.45, 7) is 0.929. The van der Waals surface area contributed by atoms with Crippen LogP contribution >= 0.6 is 0 Å². The summed E-state index contributed by atoms with van der Waals surface area (Å²) in [5.41, 5.74) is 0.740. The molecule has 1 aromatic rings. The Balaban J connectivity index is 2.58. The monoisotopic (exact) mass is 262 g/mol. The van der Waals surface area contributed by atoms with Crippen LogP contribution in [0.2, 0.25) is 0 Å². The number of carboxylic acids is 1. The van der Waals surface area contributed by atoms with E-state index in [1.807, 2.05) is 0 Å². The van der Waals surface area contributed by atoms with Gasteiger partial charge in [-0.15, -0.1) is 0 Å². The molecule has 0 aliphatic carbocycles. The van der Waals surface area contributed by atoms with Crippen LogP contribution in [-0.4, -0.2) is 23.4 Å². The molecule has 0 aromatic heterocycles. The second-order valence-electron chi connectivity index (χ2n) is 3.84. The van der Waals surface area contributed by atoms with E-state index in [2.05, 4.69) is 0 Å². The van der Waals surface area contributed by atoms with Crippen LogP contribution in [0.5, 0.6) is 5.75 Å². The highest BCUT2D eigenvalue weighted by atomic mass is 19.4. The number of aliphatic carboxylic acids is 1. The SMILES string of the molecule is CC(Oc1ccc(CCC(=O)O)cc1)C(F)(F)F. The van der Waals surface area contributed by atoms with Crippen molar-refractivity contribution in [1.29, 1.82) is 0 Å². The predicted octanol–water partition coefficient (Wildman–Crippen LogP) is 3.03. The molecule has 1 aromatic carbocycles. The molecule has 3 nitrogen and oxygen atoms in total. The molecule has 0 bridgehead atoms. The van der Waals surface area contributed by atoms with Crippen molar-refractivity contribution in [1.82, 2.24) is 0 Å². The summed E-state index contributed by atoms with van der Waals surface area (Å²) >= 11 is 0. The first-order valence-corrected chi connectivity index (χ1v) is 5.33. The number of carboxylic acid groups (broad SMARTS) is 1. The lowest BCUT2D eigenvalue weighted by atomic mass is 10.1. The van der Waals surface area contributed by atoms with E-state index in [-0.39, 0.29) is 12.2 Å². The van der Waals surface area contributed by atoms with Crippen LogP contribution in [0, 0.1) is 0 Å². The van der Waals surface area contributed by atoms with Crippen molar-refractivity contribution in [2.24, 2.45) is 0 Å². The van der Waals surface area contributed by atoms with Gasteiger partial charge < -0.3 is 9.84 Å². The first kappa shape index (κ1) is 14.3. The van der Waals surface area contributed by atoms with Crippen molar-refractivity contribution in [2.45, 2.75) is 32.0 Å². The zero-order valence-electron chi connectivity index (χ0n) is 9.70. The minimum Gasteiger partial charge on any atom is -0.481 e. The Hall–Kier alpha value is -1.72. The maximum Gasteiger partial charge on any atom is 0.425 e. The lowest BCUT2D eigenvalue weighted by Crippen LogP contribution is -2.31. The Bertz CT molecular complexity index is 398. The van der Waals surface area contributed by atoms with Gasteiger partial charge in [-0.2, -0.15) is 13.2 Å². The maximum absolute atomic E-state index is 12.2. The molecule has 1 N–H and O–H groups in total. The van der Waals surface area contributed by atoms with Crippen molar-refractivity contribution in [3.8, 4) is 5.75 Å². The first-order chi connectivity index (χ1) is 8.29. The molecule has 18 heavy (non-hydrogen) atoms. The van der Waals surface area contributed by atoms with Gasteiger partial charge in [-0.25, -0.2) is 0 Å². The second kappa shape index (κ2) is 5.75. The first-order valence-electron chi connectivity index (χ1n) is 5.33. The minimum absolute atomic E-state index is 0.0147. The number of alkyl halides is 3. The quantitative estimate of drug-likeness (QED) is 0.887. The van der Waals surface area contributed by atoms with Crippen molar-refractivity contribution in [3.05, 3.63) is 29.8 Å². The van der Waals surface area contributed by atoms with E-state index in [1.165, 1.54) is 12.1 Å². The fourth-order valence-electron chi connectivity index (χ4n) is 1.26. The van der Waals surface area contributed by atoms with Crippen LogP contribution in [0.25, 0.3) is 0 Å². The highest BCUT2D eigenvalue weighted by Crippen LogP contribution is 2.25. The normalized spacial score (nSPS) is 13.1. The Morgan fingerprint density at radius 2 is 1.89 bits per heavy atom. The predicted molar refractivity (Wildman–Crippen MR) is 58.5 cm³/mol. The largest absolute Gasteiger partial charge is 0.481 e. The molecule has 0 spiro atoms. The zero-order valence-corrected chi connectivity index (χ0v) is 9.70. The number of rotatable bonds is 5. The maximum atomic E-state index is 12.2. The molecular weight excluding hydrogens is 249 g/mol. The Morgan fingerprint density at radius 3 is 2.33 bits per heavy atom.